The molecule has 1 fully saturated rings. The monoisotopic (exact) mass is 216 g/mol. The van der Waals surface area contributed by atoms with Gasteiger partial charge in [-0.15, -0.1) is 0 Å². The molecule has 13 heavy (non-hydrogen) atoms. The van der Waals surface area contributed by atoms with Gasteiger partial charge < -0.3 is 4.74 Å². The summed E-state index contributed by atoms with van der Waals surface area (Å²) >= 11 is 11.8. The molecule has 1 nitrogen and oxygen atoms in total. The number of ether oxygens (including phenoxy) is 1. The standard InChI is InChI=1S/C10H10Cl2O/c11-7-4-5-9(12)10(6-7)13-8-2-1-3-8/h4-6,8H,1-3H2. The Morgan fingerprint density at radius 1 is 1.23 bits per heavy atom. The number of hydrogen-bond acceptors (Lipinski definition) is 1. The summed E-state index contributed by atoms with van der Waals surface area (Å²) in [6.45, 7) is 0. The summed E-state index contributed by atoms with van der Waals surface area (Å²) in [6.07, 6.45) is 3.85. The van der Waals surface area contributed by atoms with Gasteiger partial charge in [-0.3, -0.25) is 0 Å². The van der Waals surface area contributed by atoms with E-state index in [0.717, 1.165) is 12.8 Å². The van der Waals surface area contributed by atoms with Crippen LogP contribution in [0.3, 0.4) is 0 Å². The molecule has 0 bridgehead atoms. The third-order valence-corrected chi connectivity index (χ3v) is 2.79. The van der Waals surface area contributed by atoms with E-state index in [1.807, 2.05) is 0 Å². The average Bonchev–Trinajstić information content (AvgIpc) is 2.03. The van der Waals surface area contributed by atoms with Crippen LogP contribution in [-0.4, -0.2) is 6.10 Å². The van der Waals surface area contributed by atoms with Crippen LogP contribution in [0.25, 0.3) is 0 Å². The number of rotatable bonds is 2. The van der Waals surface area contributed by atoms with Gasteiger partial charge >= 0.3 is 0 Å². The minimum Gasteiger partial charge on any atom is -0.489 e. The van der Waals surface area contributed by atoms with E-state index in [1.54, 1.807) is 18.2 Å². The van der Waals surface area contributed by atoms with Gasteiger partial charge in [0.1, 0.15) is 5.75 Å². The fourth-order valence-corrected chi connectivity index (χ4v) is 1.56. The Labute approximate surface area is 87.6 Å². The van der Waals surface area contributed by atoms with Crippen molar-refractivity contribution in [2.75, 3.05) is 0 Å². The predicted molar refractivity (Wildman–Crippen MR) is 54.7 cm³/mol. The smallest absolute Gasteiger partial charge is 0.139 e. The molecule has 70 valence electrons. The molecule has 0 spiro atoms. The van der Waals surface area contributed by atoms with Gasteiger partial charge in [-0.25, -0.2) is 0 Å². The van der Waals surface area contributed by atoms with Crippen molar-refractivity contribution in [1.29, 1.82) is 0 Å². The van der Waals surface area contributed by atoms with E-state index in [2.05, 4.69) is 0 Å². The van der Waals surface area contributed by atoms with Crippen LogP contribution in [0.1, 0.15) is 19.3 Å². The second kappa shape index (κ2) is 3.77. The van der Waals surface area contributed by atoms with E-state index in [0.29, 0.717) is 21.9 Å². The molecule has 1 aliphatic rings. The summed E-state index contributed by atoms with van der Waals surface area (Å²) < 4.78 is 5.65. The number of benzene rings is 1. The Morgan fingerprint density at radius 3 is 2.62 bits per heavy atom. The van der Waals surface area contributed by atoms with E-state index in [4.69, 9.17) is 27.9 Å². The summed E-state index contributed by atoms with van der Waals surface area (Å²) in [7, 11) is 0. The lowest BCUT2D eigenvalue weighted by atomic mass is 9.96. The highest BCUT2D eigenvalue weighted by molar-refractivity contribution is 6.34. The van der Waals surface area contributed by atoms with Crippen molar-refractivity contribution < 1.29 is 4.74 Å². The zero-order valence-electron chi connectivity index (χ0n) is 7.09. The van der Waals surface area contributed by atoms with E-state index in [1.165, 1.54) is 6.42 Å². The third kappa shape index (κ3) is 2.09. The molecule has 3 heteroatoms. The molecule has 0 N–H and O–H groups in total. The molecule has 0 aliphatic heterocycles. The van der Waals surface area contributed by atoms with Crippen molar-refractivity contribution in [3.05, 3.63) is 28.2 Å². The summed E-state index contributed by atoms with van der Waals surface area (Å²) in [6, 6.07) is 5.29. The molecule has 2 rings (SSSR count). The van der Waals surface area contributed by atoms with Crippen molar-refractivity contribution in [3.63, 3.8) is 0 Å². The van der Waals surface area contributed by atoms with Crippen LogP contribution in [-0.2, 0) is 0 Å². The van der Waals surface area contributed by atoms with Crippen LogP contribution in [0.2, 0.25) is 10.0 Å². The lowest BCUT2D eigenvalue weighted by molar-refractivity contribution is 0.120. The molecule has 1 aliphatic carbocycles. The van der Waals surface area contributed by atoms with Crippen molar-refractivity contribution in [2.45, 2.75) is 25.4 Å². The predicted octanol–water partition coefficient (Wildman–Crippen LogP) is 3.92. The zero-order chi connectivity index (χ0) is 9.26. The fraction of sp³-hybridized carbons (Fsp3) is 0.400. The molecule has 0 aromatic heterocycles. The Morgan fingerprint density at radius 2 is 2.00 bits per heavy atom. The van der Waals surface area contributed by atoms with Gasteiger partial charge in [0.25, 0.3) is 0 Å². The van der Waals surface area contributed by atoms with Crippen molar-refractivity contribution >= 4 is 23.2 Å². The first-order valence-corrected chi connectivity index (χ1v) is 5.13. The normalized spacial score (nSPS) is 16.8. The van der Waals surface area contributed by atoms with Gasteiger partial charge in [-0.05, 0) is 31.4 Å². The number of hydrogen-bond donors (Lipinski definition) is 0. The van der Waals surface area contributed by atoms with E-state index >= 15 is 0 Å². The highest BCUT2D eigenvalue weighted by atomic mass is 35.5. The minimum atomic E-state index is 0.343. The Balaban J connectivity index is 2.13. The summed E-state index contributed by atoms with van der Waals surface area (Å²) in [5.41, 5.74) is 0. The molecule has 0 amide bonds. The Kier molecular flexibility index (Phi) is 2.66. The molecular formula is C10H10Cl2O. The van der Waals surface area contributed by atoms with Crippen LogP contribution in [0.15, 0.2) is 18.2 Å². The molecule has 0 heterocycles. The third-order valence-electron chi connectivity index (χ3n) is 2.24. The largest absolute Gasteiger partial charge is 0.489 e. The quantitative estimate of drug-likeness (QED) is 0.729. The first-order valence-electron chi connectivity index (χ1n) is 4.37. The van der Waals surface area contributed by atoms with Gasteiger partial charge in [0.15, 0.2) is 0 Å². The molecule has 1 aromatic rings. The average molecular weight is 217 g/mol. The maximum absolute atomic E-state index is 5.94. The lowest BCUT2D eigenvalue weighted by Crippen LogP contribution is -2.24. The van der Waals surface area contributed by atoms with Crippen molar-refractivity contribution in [2.24, 2.45) is 0 Å². The van der Waals surface area contributed by atoms with E-state index < -0.39 is 0 Å². The molecule has 0 saturated heterocycles. The SMILES string of the molecule is Clc1ccc(Cl)c(OC2CCC2)c1. The second-order valence-electron chi connectivity index (χ2n) is 3.25. The molecule has 1 saturated carbocycles. The Hall–Kier alpha value is -0.400. The molecule has 0 atom stereocenters. The molecule has 0 unspecified atom stereocenters. The maximum Gasteiger partial charge on any atom is 0.139 e. The minimum absolute atomic E-state index is 0.343. The van der Waals surface area contributed by atoms with Crippen LogP contribution >= 0.6 is 23.2 Å². The second-order valence-corrected chi connectivity index (χ2v) is 4.09. The van der Waals surface area contributed by atoms with Gasteiger partial charge in [-0.2, -0.15) is 0 Å². The fourth-order valence-electron chi connectivity index (χ4n) is 1.24. The topological polar surface area (TPSA) is 9.23 Å². The first kappa shape index (κ1) is 9.17. The van der Waals surface area contributed by atoms with Crippen LogP contribution in [0, 0.1) is 0 Å². The summed E-state index contributed by atoms with van der Waals surface area (Å²) in [4.78, 5) is 0. The van der Waals surface area contributed by atoms with Crippen LogP contribution in [0.4, 0.5) is 0 Å². The molecular weight excluding hydrogens is 207 g/mol. The van der Waals surface area contributed by atoms with Crippen LogP contribution in [0.5, 0.6) is 5.75 Å². The van der Waals surface area contributed by atoms with Crippen molar-refractivity contribution in [1.82, 2.24) is 0 Å². The van der Waals surface area contributed by atoms with Gasteiger partial charge in [-0.1, -0.05) is 23.2 Å². The molecule has 0 radical (unpaired) electrons. The van der Waals surface area contributed by atoms with Crippen molar-refractivity contribution in [3.8, 4) is 5.75 Å². The van der Waals surface area contributed by atoms with Crippen LogP contribution < -0.4 is 4.74 Å². The summed E-state index contributed by atoms with van der Waals surface area (Å²) in [5, 5.41) is 1.30. The highest BCUT2D eigenvalue weighted by Gasteiger charge is 2.20. The van der Waals surface area contributed by atoms with Gasteiger partial charge in [0.05, 0.1) is 11.1 Å². The highest BCUT2D eigenvalue weighted by Crippen LogP contribution is 2.32. The molecule has 1 aromatic carbocycles. The van der Waals surface area contributed by atoms with Gasteiger partial charge in [0, 0.05) is 11.1 Å². The number of halogens is 2. The van der Waals surface area contributed by atoms with E-state index in [9.17, 15) is 0 Å². The maximum atomic E-state index is 5.94. The van der Waals surface area contributed by atoms with E-state index in [-0.39, 0.29) is 0 Å². The van der Waals surface area contributed by atoms with Gasteiger partial charge in [0.2, 0.25) is 0 Å². The zero-order valence-corrected chi connectivity index (χ0v) is 8.61. The first-order chi connectivity index (χ1) is 6.25. The lowest BCUT2D eigenvalue weighted by Gasteiger charge is -2.26. The summed E-state index contributed by atoms with van der Waals surface area (Å²) in [5.74, 6) is 0.707. The Bertz CT molecular complexity index is 308.